The lowest BCUT2D eigenvalue weighted by Gasteiger charge is -2.05. The quantitative estimate of drug-likeness (QED) is 0.408. The summed E-state index contributed by atoms with van der Waals surface area (Å²) in [7, 11) is 0. The van der Waals surface area contributed by atoms with Crippen LogP contribution in [0.3, 0.4) is 0 Å². The molecule has 2 aromatic carbocycles. The summed E-state index contributed by atoms with van der Waals surface area (Å²) in [4.78, 5) is 22.6. The maximum absolute atomic E-state index is 13.2. The summed E-state index contributed by atoms with van der Waals surface area (Å²) < 4.78 is 14.9. The van der Waals surface area contributed by atoms with Gasteiger partial charge < -0.3 is 5.32 Å². The molecule has 0 aliphatic carbocycles. The number of aromatic nitrogens is 2. The lowest BCUT2D eigenvalue weighted by Crippen LogP contribution is -2.09. The molecule has 1 heterocycles. The van der Waals surface area contributed by atoms with Crippen molar-refractivity contribution in [2.24, 2.45) is 0 Å². The summed E-state index contributed by atoms with van der Waals surface area (Å²) in [5.74, 6) is -1.19. The van der Waals surface area contributed by atoms with Crippen molar-refractivity contribution >= 4 is 23.4 Å². The smallest absolute Gasteiger partial charge is 0.279 e. The number of hydrogen-bond donors (Lipinski definition) is 1. The first-order chi connectivity index (χ1) is 13.4. The lowest BCUT2D eigenvalue weighted by molar-refractivity contribution is -0.385. The van der Waals surface area contributed by atoms with Crippen LogP contribution in [0.1, 0.15) is 17.0 Å². The Morgan fingerprint density at radius 1 is 1.21 bits per heavy atom. The summed E-state index contributed by atoms with van der Waals surface area (Å²) in [5.41, 5.74) is 2.53. The van der Waals surface area contributed by atoms with E-state index < -0.39 is 22.3 Å². The Kier molecular flexibility index (Phi) is 5.30. The van der Waals surface area contributed by atoms with Gasteiger partial charge in [0.05, 0.1) is 39.3 Å². The van der Waals surface area contributed by atoms with Crippen LogP contribution in [-0.4, -0.2) is 20.6 Å². The summed E-state index contributed by atoms with van der Waals surface area (Å²) >= 11 is 0. The molecule has 0 saturated carbocycles. The number of anilines is 1. The van der Waals surface area contributed by atoms with E-state index in [1.54, 1.807) is 11.6 Å². The molecule has 8 heteroatoms. The van der Waals surface area contributed by atoms with Crippen molar-refractivity contribution in [1.82, 2.24) is 9.78 Å². The molecule has 3 rings (SSSR count). The molecule has 0 radical (unpaired) electrons. The molecule has 0 aliphatic heterocycles. The summed E-state index contributed by atoms with van der Waals surface area (Å²) in [6, 6.07) is 12.7. The van der Waals surface area contributed by atoms with Crippen LogP contribution < -0.4 is 5.32 Å². The molecule has 0 unspecified atom stereocenters. The van der Waals surface area contributed by atoms with Gasteiger partial charge in [0, 0.05) is 6.08 Å². The molecular formula is C20H17FN4O3. The molecule has 1 aromatic heterocycles. The summed E-state index contributed by atoms with van der Waals surface area (Å²) in [5, 5.41) is 18.2. The average Bonchev–Trinajstić information content (AvgIpc) is 2.95. The molecule has 1 N–H and O–H groups in total. The summed E-state index contributed by atoms with van der Waals surface area (Å²) in [6.07, 6.45) is 2.44. The van der Waals surface area contributed by atoms with Crippen LogP contribution in [0.4, 0.5) is 15.8 Å². The van der Waals surface area contributed by atoms with Gasteiger partial charge in [-0.15, -0.1) is 0 Å². The van der Waals surface area contributed by atoms with Crippen molar-refractivity contribution in [2.75, 3.05) is 5.32 Å². The van der Waals surface area contributed by atoms with E-state index in [2.05, 4.69) is 10.4 Å². The third-order valence-electron chi connectivity index (χ3n) is 4.14. The Hall–Kier alpha value is -3.81. The third kappa shape index (κ3) is 3.96. The minimum absolute atomic E-state index is 0.134. The molecule has 0 atom stereocenters. The fourth-order valence-corrected chi connectivity index (χ4v) is 2.79. The highest BCUT2D eigenvalue weighted by molar-refractivity contribution is 6.02. The van der Waals surface area contributed by atoms with Crippen LogP contribution in [0, 0.1) is 29.8 Å². The predicted molar refractivity (Wildman–Crippen MR) is 104 cm³/mol. The normalized spacial score (nSPS) is 11.0. The van der Waals surface area contributed by atoms with Crippen LogP contribution in [0.2, 0.25) is 0 Å². The number of nitro benzene ring substituents is 1. The van der Waals surface area contributed by atoms with Gasteiger partial charge >= 0.3 is 0 Å². The van der Waals surface area contributed by atoms with Crippen LogP contribution in [0.5, 0.6) is 0 Å². The number of halogens is 1. The molecule has 0 fully saturated rings. The average molecular weight is 380 g/mol. The van der Waals surface area contributed by atoms with Gasteiger partial charge in [-0.05, 0) is 44.2 Å². The van der Waals surface area contributed by atoms with Crippen molar-refractivity contribution in [2.45, 2.75) is 13.8 Å². The Morgan fingerprint density at radius 2 is 1.93 bits per heavy atom. The minimum atomic E-state index is -0.715. The topological polar surface area (TPSA) is 90.1 Å². The fraction of sp³-hybridized carbons (Fsp3) is 0.100. The van der Waals surface area contributed by atoms with Gasteiger partial charge in [-0.1, -0.05) is 18.2 Å². The maximum Gasteiger partial charge on any atom is 0.279 e. The standard InChI is InChI=1S/C20H17FN4O3/c1-13-20(14(2)24(23-13)17-6-4-3-5-7-17)22-19(26)11-9-15-8-10-16(21)12-18(15)25(27)28/h3-12H,1-2H3,(H,22,26). The van der Waals surface area contributed by atoms with Crippen LogP contribution >= 0.6 is 0 Å². The van der Waals surface area contributed by atoms with E-state index in [1.807, 2.05) is 37.3 Å². The van der Waals surface area contributed by atoms with Crippen molar-refractivity contribution in [1.29, 1.82) is 0 Å². The van der Waals surface area contributed by atoms with Gasteiger partial charge in [0.25, 0.3) is 5.69 Å². The molecule has 0 bridgehead atoms. The van der Waals surface area contributed by atoms with E-state index in [4.69, 9.17) is 0 Å². The van der Waals surface area contributed by atoms with Gasteiger partial charge in [-0.2, -0.15) is 5.10 Å². The zero-order valence-electron chi connectivity index (χ0n) is 15.2. The van der Waals surface area contributed by atoms with Crippen LogP contribution in [-0.2, 0) is 4.79 Å². The highest BCUT2D eigenvalue weighted by atomic mass is 19.1. The zero-order chi connectivity index (χ0) is 20.3. The number of carbonyl (C=O) groups is 1. The SMILES string of the molecule is Cc1nn(-c2ccccc2)c(C)c1NC(=O)C=Cc1ccc(F)cc1[N+](=O)[O-]. The van der Waals surface area contributed by atoms with E-state index in [1.165, 1.54) is 18.2 Å². The number of nitrogens with one attached hydrogen (secondary N) is 1. The maximum atomic E-state index is 13.2. The Bertz CT molecular complexity index is 1070. The number of aryl methyl sites for hydroxylation is 1. The molecule has 0 spiro atoms. The molecule has 3 aromatic rings. The number of para-hydroxylation sites is 1. The molecule has 7 nitrogen and oxygen atoms in total. The van der Waals surface area contributed by atoms with E-state index in [9.17, 15) is 19.3 Å². The molecule has 0 saturated heterocycles. The van der Waals surface area contributed by atoms with Gasteiger partial charge in [-0.25, -0.2) is 9.07 Å². The first-order valence-corrected chi connectivity index (χ1v) is 8.41. The van der Waals surface area contributed by atoms with Gasteiger partial charge in [0.15, 0.2) is 0 Å². The van der Waals surface area contributed by atoms with Crippen LogP contribution in [0.25, 0.3) is 11.8 Å². The number of hydrogen-bond acceptors (Lipinski definition) is 4. The van der Waals surface area contributed by atoms with Crippen molar-refractivity contribution in [3.8, 4) is 5.69 Å². The van der Waals surface area contributed by atoms with Crippen molar-refractivity contribution in [3.05, 3.63) is 87.5 Å². The van der Waals surface area contributed by atoms with Gasteiger partial charge in [0.2, 0.25) is 5.91 Å². The largest absolute Gasteiger partial charge is 0.319 e. The lowest BCUT2D eigenvalue weighted by atomic mass is 10.1. The molecule has 0 aliphatic rings. The van der Waals surface area contributed by atoms with Gasteiger partial charge in [0.1, 0.15) is 5.82 Å². The Morgan fingerprint density at radius 3 is 2.61 bits per heavy atom. The number of nitrogens with zero attached hydrogens (tertiary/aromatic N) is 3. The van der Waals surface area contributed by atoms with Crippen LogP contribution in [0.15, 0.2) is 54.6 Å². The summed E-state index contributed by atoms with van der Waals surface area (Å²) in [6.45, 7) is 3.60. The Balaban J connectivity index is 1.82. The molecule has 1 amide bonds. The highest BCUT2D eigenvalue weighted by Gasteiger charge is 2.15. The second-order valence-corrected chi connectivity index (χ2v) is 6.08. The van der Waals surface area contributed by atoms with Gasteiger partial charge in [-0.3, -0.25) is 14.9 Å². The minimum Gasteiger partial charge on any atom is -0.319 e. The van der Waals surface area contributed by atoms with E-state index >= 15 is 0 Å². The predicted octanol–water partition coefficient (Wildman–Crippen LogP) is 4.19. The molecular weight excluding hydrogens is 363 g/mol. The number of carbonyl (C=O) groups excluding carboxylic acids is 1. The number of benzene rings is 2. The van der Waals surface area contributed by atoms with E-state index in [0.717, 1.165) is 23.5 Å². The fourth-order valence-electron chi connectivity index (χ4n) is 2.79. The van der Waals surface area contributed by atoms with E-state index in [-0.39, 0.29) is 5.56 Å². The van der Waals surface area contributed by atoms with Crippen molar-refractivity contribution in [3.63, 3.8) is 0 Å². The molecule has 28 heavy (non-hydrogen) atoms. The second kappa shape index (κ2) is 7.83. The third-order valence-corrected chi connectivity index (χ3v) is 4.14. The van der Waals surface area contributed by atoms with E-state index in [0.29, 0.717) is 11.4 Å². The second-order valence-electron chi connectivity index (χ2n) is 6.08. The number of rotatable bonds is 5. The Labute approximate surface area is 160 Å². The number of nitro groups is 1. The number of amides is 1. The monoisotopic (exact) mass is 380 g/mol. The first kappa shape index (κ1) is 19.0. The first-order valence-electron chi connectivity index (χ1n) is 8.41. The highest BCUT2D eigenvalue weighted by Crippen LogP contribution is 2.24. The zero-order valence-corrected chi connectivity index (χ0v) is 15.2. The van der Waals surface area contributed by atoms with Crippen molar-refractivity contribution < 1.29 is 14.1 Å². The molecule has 142 valence electrons.